The zero-order valence-electron chi connectivity index (χ0n) is 19.3. The van der Waals surface area contributed by atoms with Crippen LogP contribution < -0.4 is 17.2 Å². The van der Waals surface area contributed by atoms with Crippen molar-refractivity contribution >= 4 is 38.6 Å². The predicted octanol–water partition coefficient (Wildman–Crippen LogP) is 6.42. The van der Waals surface area contributed by atoms with Gasteiger partial charge in [-0.1, -0.05) is 78.9 Å². The van der Waals surface area contributed by atoms with Crippen molar-refractivity contribution in [3.63, 3.8) is 0 Å². The number of benzene rings is 5. The first-order valence-corrected chi connectivity index (χ1v) is 10.8. The van der Waals surface area contributed by atoms with Crippen LogP contribution in [-0.4, -0.2) is 11.7 Å². The molecule has 0 aromatic heterocycles. The molecule has 4 heteroatoms. The number of fused-ring (bicyclic) bond motifs is 2. The Hall–Kier alpha value is -4.02. The van der Waals surface area contributed by atoms with E-state index in [-0.39, 0.29) is 6.61 Å². The topological polar surface area (TPSA) is 98.3 Å². The fourth-order valence-electron chi connectivity index (χ4n) is 3.13. The van der Waals surface area contributed by atoms with Crippen molar-refractivity contribution < 1.29 is 5.11 Å². The molecule has 0 saturated carbocycles. The van der Waals surface area contributed by atoms with Crippen molar-refractivity contribution in [1.29, 1.82) is 0 Å². The highest BCUT2D eigenvalue weighted by Crippen LogP contribution is 2.19. The van der Waals surface area contributed by atoms with Crippen LogP contribution in [0.4, 0.5) is 17.1 Å². The van der Waals surface area contributed by atoms with Crippen molar-refractivity contribution in [2.75, 3.05) is 23.8 Å². The number of anilines is 3. The first kappa shape index (κ1) is 25.2. The Morgan fingerprint density at radius 3 is 1.73 bits per heavy atom. The zero-order chi connectivity index (χ0) is 24.1. The molecular formula is C29H33N3O. The van der Waals surface area contributed by atoms with E-state index in [1.54, 1.807) is 6.92 Å². The van der Waals surface area contributed by atoms with E-state index in [1.807, 2.05) is 91.9 Å². The van der Waals surface area contributed by atoms with Crippen LogP contribution >= 0.6 is 0 Å². The van der Waals surface area contributed by atoms with Gasteiger partial charge in [-0.3, -0.25) is 0 Å². The molecule has 0 aliphatic heterocycles. The van der Waals surface area contributed by atoms with Crippen LogP contribution in [0.1, 0.15) is 12.5 Å². The summed E-state index contributed by atoms with van der Waals surface area (Å²) < 4.78 is 0. The molecular weight excluding hydrogens is 406 g/mol. The van der Waals surface area contributed by atoms with Gasteiger partial charge in [0.2, 0.25) is 0 Å². The van der Waals surface area contributed by atoms with E-state index in [2.05, 4.69) is 24.3 Å². The third-order valence-corrected chi connectivity index (χ3v) is 4.64. The zero-order valence-corrected chi connectivity index (χ0v) is 19.3. The van der Waals surface area contributed by atoms with Crippen LogP contribution in [0.25, 0.3) is 21.5 Å². The standard InChI is InChI=1S/2C10H9N.C7H9N.C2H6O/c11-10-7-3-5-8-4-1-2-6-9(8)10;11-10-6-5-8-3-1-2-4-9(8)7-10;1-6-3-2-4-7(8)5-6;1-2-3/h2*1-7H,11H2;2-5H,8H2,1H3;3H,2H2,1H3. The van der Waals surface area contributed by atoms with Crippen LogP contribution in [0.2, 0.25) is 0 Å². The molecule has 0 unspecified atom stereocenters. The second-order valence-electron chi connectivity index (χ2n) is 7.41. The summed E-state index contributed by atoms with van der Waals surface area (Å²) in [6.45, 7) is 3.95. The lowest BCUT2D eigenvalue weighted by Gasteiger charge is -1.98. The minimum atomic E-state index is 0.250. The number of aliphatic hydroxyl groups is 1. The van der Waals surface area contributed by atoms with Crippen molar-refractivity contribution in [3.05, 3.63) is 115 Å². The van der Waals surface area contributed by atoms with E-state index in [1.165, 1.54) is 21.7 Å². The molecule has 5 rings (SSSR count). The maximum atomic E-state index is 7.57. The minimum absolute atomic E-state index is 0.250. The number of hydrogen-bond acceptors (Lipinski definition) is 4. The van der Waals surface area contributed by atoms with Gasteiger partial charge >= 0.3 is 0 Å². The van der Waals surface area contributed by atoms with Gasteiger partial charge < -0.3 is 22.3 Å². The molecule has 0 spiro atoms. The number of aryl methyl sites for hydroxylation is 1. The van der Waals surface area contributed by atoms with Gasteiger partial charge in [-0.05, 0) is 65.9 Å². The third kappa shape index (κ3) is 8.56. The van der Waals surface area contributed by atoms with Gasteiger partial charge in [-0.15, -0.1) is 0 Å². The molecule has 0 fully saturated rings. The third-order valence-electron chi connectivity index (χ3n) is 4.64. The fraction of sp³-hybridized carbons (Fsp3) is 0.103. The summed E-state index contributed by atoms with van der Waals surface area (Å²) in [5.74, 6) is 0. The maximum absolute atomic E-state index is 7.57. The average Bonchev–Trinajstić information content (AvgIpc) is 2.81. The van der Waals surface area contributed by atoms with E-state index in [4.69, 9.17) is 22.3 Å². The molecule has 0 amide bonds. The Morgan fingerprint density at radius 2 is 1.12 bits per heavy atom. The molecule has 0 saturated heterocycles. The molecule has 0 aliphatic rings. The second-order valence-corrected chi connectivity index (χ2v) is 7.41. The highest BCUT2D eigenvalue weighted by Gasteiger charge is 1.93. The molecule has 7 N–H and O–H groups in total. The molecule has 0 radical (unpaired) electrons. The lowest BCUT2D eigenvalue weighted by atomic mass is 10.1. The van der Waals surface area contributed by atoms with Crippen LogP contribution in [-0.2, 0) is 0 Å². The van der Waals surface area contributed by atoms with E-state index in [0.29, 0.717) is 0 Å². The molecule has 4 nitrogen and oxygen atoms in total. The summed E-state index contributed by atoms with van der Waals surface area (Å²) in [6.07, 6.45) is 0. The lowest BCUT2D eigenvalue weighted by Crippen LogP contribution is -1.84. The van der Waals surface area contributed by atoms with E-state index in [0.717, 1.165) is 22.4 Å². The van der Waals surface area contributed by atoms with Crippen LogP contribution in [0.15, 0.2) is 109 Å². The molecule has 5 aromatic carbocycles. The van der Waals surface area contributed by atoms with Crippen LogP contribution in [0, 0.1) is 6.92 Å². The van der Waals surface area contributed by atoms with E-state index in [9.17, 15) is 0 Å². The monoisotopic (exact) mass is 439 g/mol. The summed E-state index contributed by atoms with van der Waals surface area (Å²) in [4.78, 5) is 0. The van der Waals surface area contributed by atoms with Crippen LogP contribution in [0.5, 0.6) is 0 Å². The van der Waals surface area contributed by atoms with Crippen molar-refractivity contribution in [2.24, 2.45) is 0 Å². The summed E-state index contributed by atoms with van der Waals surface area (Å²) >= 11 is 0. The molecule has 170 valence electrons. The second kappa shape index (κ2) is 13.4. The molecule has 0 atom stereocenters. The van der Waals surface area contributed by atoms with Gasteiger partial charge in [-0.2, -0.15) is 0 Å². The molecule has 5 aromatic rings. The van der Waals surface area contributed by atoms with Crippen molar-refractivity contribution in [1.82, 2.24) is 0 Å². The van der Waals surface area contributed by atoms with Gasteiger partial charge in [0.1, 0.15) is 0 Å². The summed E-state index contributed by atoms with van der Waals surface area (Å²) in [7, 11) is 0. The minimum Gasteiger partial charge on any atom is -0.399 e. The first-order chi connectivity index (χ1) is 15.9. The largest absolute Gasteiger partial charge is 0.399 e. The quantitative estimate of drug-likeness (QED) is 0.209. The number of nitrogens with two attached hydrogens (primary N) is 3. The lowest BCUT2D eigenvalue weighted by molar-refractivity contribution is 0.318. The predicted molar refractivity (Wildman–Crippen MR) is 145 cm³/mol. The molecule has 0 bridgehead atoms. The fourth-order valence-corrected chi connectivity index (χ4v) is 3.13. The van der Waals surface area contributed by atoms with Crippen molar-refractivity contribution in [3.8, 4) is 0 Å². The number of nitrogen functional groups attached to an aromatic ring is 3. The Labute approximate surface area is 196 Å². The summed E-state index contributed by atoms with van der Waals surface area (Å²) in [6, 6.07) is 36.0. The SMILES string of the molecule is CCO.Cc1cccc(N)c1.Nc1ccc2ccccc2c1.Nc1cccc2ccccc12. The highest BCUT2D eigenvalue weighted by atomic mass is 16.2. The Morgan fingerprint density at radius 1 is 0.576 bits per heavy atom. The van der Waals surface area contributed by atoms with E-state index >= 15 is 0 Å². The van der Waals surface area contributed by atoms with Gasteiger partial charge in [0, 0.05) is 29.1 Å². The molecule has 0 aliphatic carbocycles. The van der Waals surface area contributed by atoms with Crippen molar-refractivity contribution in [2.45, 2.75) is 13.8 Å². The normalized spacial score (nSPS) is 9.55. The van der Waals surface area contributed by atoms with Gasteiger partial charge in [-0.25, -0.2) is 0 Å². The number of rotatable bonds is 0. The summed E-state index contributed by atoms with van der Waals surface area (Å²) in [5.41, 5.74) is 20.6. The number of aliphatic hydroxyl groups excluding tert-OH is 1. The van der Waals surface area contributed by atoms with E-state index < -0.39 is 0 Å². The molecule has 33 heavy (non-hydrogen) atoms. The Kier molecular flexibility index (Phi) is 10.3. The highest BCUT2D eigenvalue weighted by molar-refractivity contribution is 5.92. The van der Waals surface area contributed by atoms with Crippen LogP contribution in [0.3, 0.4) is 0 Å². The Balaban J connectivity index is 0.000000167. The first-order valence-electron chi connectivity index (χ1n) is 10.8. The van der Waals surface area contributed by atoms with Gasteiger partial charge in [0.25, 0.3) is 0 Å². The smallest absolute Gasteiger partial charge is 0.0402 e. The maximum Gasteiger partial charge on any atom is 0.0402 e. The summed E-state index contributed by atoms with van der Waals surface area (Å²) in [5, 5.41) is 12.3. The Bertz CT molecular complexity index is 1240. The van der Waals surface area contributed by atoms with Gasteiger partial charge in [0.05, 0.1) is 0 Å². The number of hydrogen-bond donors (Lipinski definition) is 4. The average molecular weight is 440 g/mol. The molecule has 0 heterocycles. The van der Waals surface area contributed by atoms with Gasteiger partial charge in [0.15, 0.2) is 0 Å².